The molecule has 0 saturated heterocycles. The van der Waals surface area contributed by atoms with Crippen LogP contribution in [0.5, 0.6) is 0 Å². The van der Waals surface area contributed by atoms with Crippen molar-refractivity contribution in [2.24, 2.45) is 0 Å². The second-order valence-electron chi connectivity index (χ2n) is 4.35. The Hall–Kier alpha value is -1.59. The zero-order valence-electron chi connectivity index (χ0n) is 12.1. The van der Waals surface area contributed by atoms with Gasteiger partial charge in [0.25, 0.3) is 0 Å². The largest absolute Gasteiger partial charge is 0.440 e. The van der Waals surface area contributed by atoms with Gasteiger partial charge in [-0.2, -0.15) is 13.2 Å². The number of amides is 1. The molecule has 0 spiro atoms. The molecule has 0 bridgehead atoms. The molecule has 0 aliphatic heterocycles. The average molecular weight is 395 g/mol. The Balaban J connectivity index is 1.78. The number of nitrogens with one attached hydrogen (secondary N) is 1. The van der Waals surface area contributed by atoms with Gasteiger partial charge in [-0.05, 0) is 24.4 Å². The summed E-state index contributed by atoms with van der Waals surface area (Å²) in [7, 11) is 0. The van der Waals surface area contributed by atoms with E-state index in [4.69, 9.17) is 12.2 Å². The SMILES string of the molecule is O=C(NCCSc1nn(-c2ccccc2)c(=S)s1)OCC(F)(F)F. The second kappa shape index (κ2) is 8.49. The predicted octanol–water partition coefficient (Wildman–Crippen LogP) is 4.04. The van der Waals surface area contributed by atoms with Crippen molar-refractivity contribution in [1.29, 1.82) is 0 Å². The van der Waals surface area contributed by atoms with E-state index in [1.54, 1.807) is 4.68 Å². The molecule has 0 aliphatic carbocycles. The maximum atomic E-state index is 11.9. The highest BCUT2D eigenvalue weighted by molar-refractivity contribution is 8.01. The average Bonchev–Trinajstić information content (AvgIpc) is 2.91. The predicted molar refractivity (Wildman–Crippen MR) is 88.4 cm³/mol. The van der Waals surface area contributed by atoms with Crippen LogP contribution in [-0.2, 0) is 4.74 Å². The van der Waals surface area contributed by atoms with Crippen molar-refractivity contribution in [2.75, 3.05) is 18.9 Å². The number of rotatable bonds is 6. The first-order chi connectivity index (χ1) is 11.3. The first-order valence-electron chi connectivity index (χ1n) is 6.61. The quantitative estimate of drug-likeness (QED) is 0.454. The molecule has 0 atom stereocenters. The molecule has 0 unspecified atom stereocenters. The first-order valence-corrected chi connectivity index (χ1v) is 8.82. The van der Waals surface area contributed by atoms with Crippen molar-refractivity contribution < 1.29 is 22.7 Å². The molecule has 0 aliphatic rings. The fourth-order valence-electron chi connectivity index (χ4n) is 1.54. The summed E-state index contributed by atoms with van der Waals surface area (Å²) in [6.07, 6.45) is -5.63. The van der Waals surface area contributed by atoms with Gasteiger partial charge in [0.1, 0.15) is 0 Å². The van der Waals surface area contributed by atoms with Gasteiger partial charge in [0.05, 0.1) is 5.69 Å². The molecule has 1 amide bonds. The number of para-hydroxylation sites is 1. The van der Waals surface area contributed by atoms with Gasteiger partial charge in [-0.25, -0.2) is 9.48 Å². The molecule has 2 rings (SSSR count). The van der Waals surface area contributed by atoms with Crippen molar-refractivity contribution in [3.63, 3.8) is 0 Å². The van der Waals surface area contributed by atoms with Crippen molar-refractivity contribution >= 4 is 41.4 Å². The minimum atomic E-state index is -4.53. The summed E-state index contributed by atoms with van der Waals surface area (Å²) in [5.41, 5.74) is 0.847. The Bertz CT molecular complexity index is 731. The lowest BCUT2D eigenvalue weighted by Gasteiger charge is -2.08. The first kappa shape index (κ1) is 18.7. The van der Waals surface area contributed by atoms with Gasteiger partial charge < -0.3 is 10.1 Å². The highest BCUT2D eigenvalue weighted by Crippen LogP contribution is 2.23. The summed E-state index contributed by atoms with van der Waals surface area (Å²) < 4.78 is 42.6. The van der Waals surface area contributed by atoms with Crippen molar-refractivity contribution in [3.05, 3.63) is 34.3 Å². The molecular weight excluding hydrogens is 383 g/mol. The van der Waals surface area contributed by atoms with Gasteiger partial charge in [0, 0.05) is 12.3 Å². The van der Waals surface area contributed by atoms with Gasteiger partial charge in [0.15, 0.2) is 14.9 Å². The Morgan fingerprint density at radius 3 is 2.75 bits per heavy atom. The number of ether oxygens (including phenoxy) is 1. The maximum Gasteiger partial charge on any atom is 0.422 e. The van der Waals surface area contributed by atoms with Gasteiger partial charge in [-0.15, -0.1) is 5.10 Å². The van der Waals surface area contributed by atoms with Crippen molar-refractivity contribution in [1.82, 2.24) is 15.1 Å². The molecule has 1 aromatic carbocycles. The molecule has 0 radical (unpaired) electrons. The summed E-state index contributed by atoms with van der Waals surface area (Å²) >= 11 is 7.92. The summed E-state index contributed by atoms with van der Waals surface area (Å²) in [6, 6.07) is 9.39. The molecule has 24 heavy (non-hydrogen) atoms. The van der Waals surface area contributed by atoms with E-state index in [0.717, 1.165) is 5.69 Å². The van der Waals surface area contributed by atoms with Crippen molar-refractivity contribution in [3.8, 4) is 5.69 Å². The van der Waals surface area contributed by atoms with E-state index in [-0.39, 0.29) is 6.54 Å². The number of alkyl carbamates (subject to hydrolysis) is 1. The van der Waals surface area contributed by atoms with E-state index in [2.05, 4.69) is 15.2 Å². The Kier molecular flexibility index (Phi) is 6.63. The second-order valence-corrected chi connectivity index (χ2v) is 7.31. The highest BCUT2D eigenvalue weighted by atomic mass is 32.2. The van der Waals surface area contributed by atoms with Crippen LogP contribution in [-0.4, -0.2) is 41.0 Å². The third kappa shape index (κ3) is 6.13. The zero-order valence-corrected chi connectivity index (χ0v) is 14.5. The Labute approximate surface area is 148 Å². The number of benzene rings is 1. The lowest BCUT2D eigenvalue weighted by molar-refractivity contribution is -0.160. The molecule has 5 nitrogen and oxygen atoms in total. The summed E-state index contributed by atoms with van der Waals surface area (Å²) in [6.45, 7) is -1.45. The molecule has 11 heteroatoms. The number of carbonyl (C=O) groups excluding carboxylic acids is 1. The lowest BCUT2D eigenvalue weighted by atomic mass is 10.3. The van der Waals surface area contributed by atoms with E-state index >= 15 is 0 Å². The van der Waals surface area contributed by atoms with E-state index in [1.165, 1.54) is 23.1 Å². The summed E-state index contributed by atoms with van der Waals surface area (Å²) in [4.78, 5) is 11.1. The monoisotopic (exact) mass is 395 g/mol. The van der Waals surface area contributed by atoms with Crippen LogP contribution in [0.4, 0.5) is 18.0 Å². The van der Waals surface area contributed by atoms with Crippen LogP contribution in [0.15, 0.2) is 34.7 Å². The van der Waals surface area contributed by atoms with Crippen LogP contribution >= 0.6 is 35.3 Å². The molecular formula is C13H12F3N3O2S3. The molecule has 2 aromatic rings. The number of hydrogen-bond donors (Lipinski definition) is 1. The van der Waals surface area contributed by atoms with Gasteiger partial charge in [-0.3, -0.25) is 0 Å². The third-order valence-corrected chi connectivity index (χ3v) is 4.86. The molecule has 1 heterocycles. The number of thioether (sulfide) groups is 1. The Morgan fingerprint density at radius 1 is 1.38 bits per heavy atom. The molecule has 0 saturated carbocycles. The fraction of sp³-hybridized carbons (Fsp3) is 0.308. The number of alkyl halides is 3. The van der Waals surface area contributed by atoms with Crippen molar-refractivity contribution in [2.45, 2.75) is 10.5 Å². The van der Waals surface area contributed by atoms with Crippen LogP contribution in [0.25, 0.3) is 5.69 Å². The van der Waals surface area contributed by atoms with Gasteiger partial charge in [-0.1, -0.05) is 41.3 Å². The molecule has 130 valence electrons. The van der Waals surface area contributed by atoms with Crippen LogP contribution in [0.2, 0.25) is 0 Å². The van der Waals surface area contributed by atoms with Crippen LogP contribution in [0.1, 0.15) is 0 Å². The minimum Gasteiger partial charge on any atom is -0.440 e. The van der Waals surface area contributed by atoms with Gasteiger partial charge in [0.2, 0.25) is 0 Å². The topological polar surface area (TPSA) is 56.2 Å². The van der Waals surface area contributed by atoms with Gasteiger partial charge >= 0.3 is 12.3 Å². The third-order valence-electron chi connectivity index (χ3n) is 2.49. The molecule has 0 fully saturated rings. The lowest BCUT2D eigenvalue weighted by Crippen LogP contribution is -2.30. The summed E-state index contributed by atoms with van der Waals surface area (Å²) in [5.74, 6) is 0.429. The van der Waals surface area contributed by atoms with E-state index in [0.29, 0.717) is 14.0 Å². The zero-order chi connectivity index (χ0) is 17.6. The smallest absolute Gasteiger partial charge is 0.422 e. The minimum absolute atomic E-state index is 0.152. The highest BCUT2D eigenvalue weighted by Gasteiger charge is 2.29. The van der Waals surface area contributed by atoms with E-state index in [9.17, 15) is 18.0 Å². The number of nitrogens with zero attached hydrogens (tertiary/aromatic N) is 2. The number of aromatic nitrogens is 2. The molecule has 1 N–H and O–H groups in total. The summed E-state index contributed by atoms with van der Waals surface area (Å²) in [5, 5.41) is 6.61. The normalized spacial score (nSPS) is 11.3. The van der Waals surface area contributed by atoms with Crippen LogP contribution in [0.3, 0.4) is 0 Å². The van der Waals surface area contributed by atoms with Crippen LogP contribution < -0.4 is 5.32 Å². The molecule has 1 aromatic heterocycles. The number of carbonyl (C=O) groups is 1. The number of halogens is 3. The number of hydrogen-bond acceptors (Lipinski definition) is 6. The fourth-order valence-corrected chi connectivity index (χ4v) is 3.83. The van der Waals surface area contributed by atoms with Crippen LogP contribution in [0, 0.1) is 3.95 Å². The Morgan fingerprint density at radius 2 is 2.08 bits per heavy atom. The van der Waals surface area contributed by atoms with E-state index in [1.807, 2.05) is 30.3 Å². The van der Waals surface area contributed by atoms with E-state index < -0.39 is 18.9 Å². The maximum absolute atomic E-state index is 11.9. The standard InChI is InChI=1S/C13H12F3N3O2S3/c14-13(15,16)8-21-10(20)17-6-7-23-11-18-19(12(22)24-11)9-4-2-1-3-5-9/h1-5H,6-8H2,(H,17,20).